The first kappa shape index (κ1) is 18.9. The van der Waals surface area contributed by atoms with Gasteiger partial charge in [-0.1, -0.05) is 0 Å². The zero-order valence-corrected chi connectivity index (χ0v) is 19.0. The summed E-state index contributed by atoms with van der Waals surface area (Å²) in [5.41, 5.74) is 2.12. The monoisotopic (exact) mass is 496 g/mol. The Bertz CT molecular complexity index is 854. The molecule has 0 radical (unpaired) electrons. The second-order valence-electron chi connectivity index (χ2n) is 8.75. The third kappa shape index (κ3) is 3.08. The quantitative estimate of drug-likeness (QED) is 0.660. The topological polar surface area (TPSA) is 60.5 Å². The molecule has 3 aliphatic heterocycles. The van der Waals surface area contributed by atoms with Gasteiger partial charge in [-0.3, -0.25) is 5.10 Å². The van der Waals surface area contributed by atoms with Crippen molar-refractivity contribution in [2.75, 3.05) is 43.7 Å². The summed E-state index contributed by atoms with van der Waals surface area (Å²) < 4.78 is 6.87. The molecule has 5 rings (SSSR count). The minimum atomic E-state index is 0.450. The van der Waals surface area contributed by atoms with Crippen molar-refractivity contribution in [1.82, 2.24) is 20.1 Å². The van der Waals surface area contributed by atoms with Crippen LogP contribution in [-0.2, 0) is 4.74 Å². The fourth-order valence-electron chi connectivity index (χ4n) is 5.29. The maximum atomic E-state index is 5.79. The van der Waals surface area contributed by atoms with E-state index < -0.39 is 0 Å². The van der Waals surface area contributed by atoms with Crippen LogP contribution in [0.25, 0.3) is 11.0 Å². The first-order valence-corrected chi connectivity index (χ1v) is 11.4. The van der Waals surface area contributed by atoms with Gasteiger partial charge in [0.25, 0.3) is 0 Å². The molecule has 0 spiro atoms. The van der Waals surface area contributed by atoms with Gasteiger partial charge in [-0.05, 0) is 69.3 Å². The zero-order valence-electron chi connectivity index (χ0n) is 16.9. The predicted molar refractivity (Wildman–Crippen MR) is 120 cm³/mol. The average molecular weight is 496 g/mol. The van der Waals surface area contributed by atoms with Crippen LogP contribution in [0, 0.1) is 3.70 Å². The van der Waals surface area contributed by atoms with E-state index in [-0.39, 0.29) is 0 Å². The normalized spacial score (nSPS) is 30.6. The van der Waals surface area contributed by atoms with Gasteiger partial charge in [0, 0.05) is 24.7 Å². The van der Waals surface area contributed by atoms with Gasteiger partial charge in [0.2, 0.25) is 0 Å². The number of aromatic nitrogens is 3. The third-order valence-corrected chi connectivity index (χ3v) is 7.62. The first-order valence-electron chi connectivity index (χ1n) is 10.4. The van der Waals surface area contributed by atoms with Gasteiger partial charge >= 0.3 is 0 Å². The number of fused-ring (bicyclic) bond motifs is 3. The smallest absolute Gasteiger partial charge is 0.186 e. The Hall–Kier alpha value is -1.13. The standard InChI is InChI=1S/C20H29IN6O/c1-12-8-13(25(2)3)6-7-26(12)16-9-17(22-20-18(16)19(21)23-24-20)27-14-4-5-15(27)11-28-10-14/h9,12-15H,4-8,10-11H2,1-3H3,(H,22,23,24)/t12-,13?,14?,15?/m1/s1. The van der Waals surface area contributed by atoms with Crippen LogP contribution in [0.1, 0.15) is 32.6 Å². The number of pyridine rings is 1. The van der Waals surface area contributed by atoms with Gasteiger partial charge in [-0.2, -0.15) is 5.10 Å². The maximum Gasteiger partial charge on any atom is 0.186 e. The van der Waals surface area contributed by atoms with Crippen molar-refractivity contribution in [3.05, 3.63) is 9.77 Å². The summed E-state index contributed by atoms with van der Waals surface area (Å²) in [5, 5.41) is 8.86. The average Bonchev–Trinajstić information content (AvgIpc) is 3.17. The molecule has 5 heterocycles. The summed E-state index contributed by atoms with van der Waals surface area (Å²) in [6, 6.07) is 4.37. The Labute approximate surface area is 179 Å². The van der Waals surface area contributed by atoms with Crippen molar-refractivity contribution in [3.63, 3.8) is 0 Å². The van der Waals surface area contributed by atoms with Crippen molar-refractivity contribution in [2.24, 2.45) is 0 Å². The molecule has 152 valence electrons. The van der Waals surface area contributed by atoms with E-state index >= 15 is 0 Å². The lowest BCUT2D eigenvalue weighted by atomic mass is 9.96. The molecule has 2 bridgehead atoms. The molecule has 0 aromatic carbocycles. The second-order valence-corrected chi connectivity index (χ2v) is 9.83. The lowest BCUT2D eigenvalue weighted by Gasteiger charge is -2.42. The van der Waals surface area contributed by atoms with Crippen LogP contribution >= 0.6 is 22.6 Å². The van der Waals surface area contributed by atoms with E-state index in [2.05, 4.69) is 74.6 Å². The minimum absolute atomic E-state index is 0.450. The van der Waals surface area contributed by atoms with E-state index in [0.717, 1.165) is 34.9 Å². The molecule has 0 saturated carbocycles. The number of morpholine rings is 1. The van der Waals surface area contributed by atoms with Crippen molar-refractivity contribution in [3.8, 4) is 0 Å². The highest BCUT2D eigenvalue weighted by Crippen LogP contribution is 2.39. The van der Waals surface area contributed by atoms with E-state index in [0.29, 0.717) is 24.2 Å². The number of aromatic amines is 1. The van der Waals surface area contributed by atoms with Gasteiger partial charge in [-0.25, -0.2) is 4.98 Å². The molecule has 0 aliphatic carbocycles. The van der Waals surface area contributed by atoms with Gasteiger partial charge in [0.15, 0.2) is 5.65 Å². The number of ether oxygens (including phenoxy) is 1. The maximum absolute atomic E-state index is 5.79. The molecule has 4 atom stereocenters. The lowest BCUT2D eigenvalue weighted by molar-refractivity contribution is 0.0902. The van der Waals surface area contributed by atoms with Gasteiger partial charge in [0.05, 0.1) is 36.4 Å². The van der Waals surface area contributed by atoms with Gasteiger partial charge < -0.3 is 19.4 Å². The summed E-state index contributed by atoms with van der Waals surface area (Å²) in [6.07, 6.45) is 4.77. The molecule has 3 saturated heterocycles. The second kappa shape index (κ2) is 7.28. The molecule has 2 aromatic rings. The number of hydrogen-bond acceptors (Lipinski definition) is 6. The summed E-state index contributed by atoms with van der Waals surface area (Å²) in [6.45, 7) is 5.05. The van der Waals surface area contributed by atoms with E-state index in [4.69, 9.17) is 9.72 Å². The minimum Gasteiger partial charge on any atom is -0.377 e. The van der Waals surface area contributed by atoms with Crippen molar-refractivity contribution >= 4 is 45.1 Å². The number of hydrogen-bond donors (Lipinski definition) is 1. The zero-order chi connectivity index (χ0) is 19.4. The van der Waals surface area contributed by atoms with E-state index in [1.54, 1.807) is 0 Å². The fraction of sp³-hybridized carbons (Fsp3) is 0.700. The third-order valence-electron chi connectivity index (χ3n) is 6.84. The Morgan fingerprint density at radius 1 is 1.21 bits per heavy atom. The summed E-state index contributed by atoms with van der Waals surface area (Å²) in [5.74, 6) is 1.07. The predicted octanol–water partition coefficient (Wildman–Crippen LogP) is 2.85. The van der Waals surface area contributed by atoms with E-state index in [9.17, 15) is 0 Å². The summed E-state index contributed by atoms with van der Waals surface area (Å²) in [7, 11) is 4.39. The molecule has 2 aromatic heterocycles. The lowest BCUT2D eigenvalue weighted by Crippen LogP contribution is -2.48. The van der Waals surface area contributed by atoms with Crippen molar-refractivity contribution in [2.45, 2.75) is 56.8 Å². The Morgan fingerprint density at radius 2 is 1.96 bits per heavy atom. The van der Waals surface area contributed by atoms with Gasteiger partial charge in [0.1, 0.15) is 9.52 Å². The highest BCUT2D eigenvalue weighted by molar-refractivity contribution is 14.1. The van der Waals surface area contributed by atoms with Crippen molar-refractivity contribution < 1.29 is 4.74 Å². The number of H-pyrrole nitrogens is 1. The highest BCUT2D eigenvalue weighted by Gasteiger charge is 2.39. The Morgan fingerprint density at radius 3 is 2.64 bits per heavy atom. The van der Waals surface area contributed by atoms with E-state index in [1.165, 1.54) is 36.8 Å². The van der Waals surface area contributed by atoms with Gasteiger partial charge in [-0.15, -0.1) is 0 Å². The molecule has 3 aliphatic rings. The van der Waals surface area contributed by atoms with Crippen LogP contribution in [0.15, 0.2) is 6.07 Å². The molecule has 0 amide bonds. The number of halogens is 1. The Kier molecular flexibility index (Phi) is 4.91. The number of nitrogens with one attached hydrogen (secondary N) is 1. The van der Waals surface area contributed by atoms with Crippen LogP contribution < -0.4 is 9.80 Å². The number of rotatable bonds is 3. The van der Waals surface area contributed by atoms with Crippen LogP contribution in [0.4, 0.5) is 11.5 Å². The number of anilines is 2. The largest absolute Gasteiger partial charge is 0.377 e. The fourth-order valence-corrected chi connectivity index (χ4v) is 5.93. The van der Waals surface area contributed by atoms with Crippen LogP contribution in [0.5, 0.6) is 0 Å². The van der Waals surface area contributed by atoms with Crippen LogP contribution in [0.3, 0.4) is 0 Å². The molecule has 7 nitrogen and oxygen atoms in total. The number of nitrogens with zero attached hydrogens (tertiary/aromatic N) is 5. The van der Waals surface area contributed by atoms with Crippen LogP contribution in [-0.4, -0.2) is 78.1 Å². The molecular weight excluding hydrogens is 467 g/mol. The van der Waals surface area contributed by atoms with Crippen molar-refractivity contribution in [1.29, 1.82) is 0 Å². The van der Waals surface area contributed by atoms with Crippen LogP contribution in [0.2, 0.25) is 0 Å². The molecule has 3 unspecified atom stereocenters. The Balaban J connectivity index is 1.55. The molecule has 1 N–H and O–H groups in total. The van der Waals surface area contributed by atoms with E-state index in [1.807, 2.05) is 0 Å². The molecule has 28 heavy (non-hydrogen) atoms. The molecule has 8 heteroatoms. The first-order chi connectivity index (χ1) is 13.5. The highest BCUT2D eigenvalue weighted by atomic mass is 127. The molecular formula is C20H29IN6O. The number of piperidine rings is 1. The summed E-state index contributed by atoms with van der Waals surface area (Å²) >= 11 is 2.36. The molecule has 3 fully saturated rings. The summed E-state index contributed by atoms with van der Waals surface area (Å²) in [4.78, 5) is 12.4. The SMILES string of the molecule is C[C@@H]1CC(N(C)C)CCN1c1cc(N2C3CCC2COC3)nc2n[nH]c(I)c12.